The van der Waals surface area contributed by atoms with Crippen LogP contribution in [0.3, 0.4) is 0 Å². The second kappa shape index (κ2) is 8.02. The summed E-state index contributed by atoms with van der Waals surface area (Å²) in [5.41, 5.74) is 1.34. The largest absolute Gasteiger partial charge is 0.345 e. The molecule has 1 heterocycles. The highest BCUT2D eigenvalue weighted by molar-refractivity contribution is 5.77. The maximum absolute atomic E-state index is 12.1. The molecule has 0 radical (unpaired) electrons. The van der Waals surface area contributed by atoms with Gasteiger partial charge >= 0.3 is 0 Å². The average Bonchev–Trinajstić information content (AvgIpc) is 2.49. The zero-order valence-electron chi connectivity index (χ0n) is 12.3. The lowest BCUT2D eigenvalue weighted by Gasteiger charge is -2.28. The number of aryl methyl sites for hydroxylation is 1. The first-order chi connectivity index (χ1) is 9.75. The molecule has 1 aromatic carbocycles. The summed E-state index contributed by atoms with van der Waals surface area (Å²) in [6.45, 7) is 5.33. The molecule has 1 aliphatic heterocycles. The summed E-state index contributed by atoms with van der Waals surface area (Å²) in [5, 5.41) is 3.30. The summed E-state index contributed by atoms with van der Waals surface area (Å²) in [6, 6.07) is 10.4. The van der Waals surface area contributed by atoms with Crippen molar-refractivity contribution in [3.63, 3.8) is 0 Å². The van der Waals surface area contributed by atoms with Crippen LogP contribution in [0, 0.1) is 0 Å². The van der Waals surface area contributed by atoms with Gasteiger partial charge in [-0.2, -0.15) is 0 Å². The highest BCUT2D eigenvalue weighted by atomic mass is 16.2. The van der Waals surface area contributed by atoms with E-state index in [-0.39, 0.29) is 5.91 Å². The molecule has 1 aromatic rings. The summed E-state index contributed by atoms with van der Waals surface area (Å²) in [5.74, 6) is 0.236. The molecule has 0 saturated carbocycles. The van der Waals surface area contributed by atoms with Crippen molar-refractivity contribution in [2.75, 3.05) is 46.3 Å². The smallest absolute Gasteiger partial charge is 0.236 e. The van der Waals surface area contributed by atoms with Crippen LogP contribution in [0.25, 0.3) is 0 Å². The number of carbonyl (C=O) groups is 1. The molecule has 0 bridgehead atoms. The van der Waals surface area contributed by atoms with Gasteiger partial charge in [0.25, 0.3) is 0 Å². The Morgan fingerprint density at radius 2 is 1.95 bits per heavy atom. The molecule has 0 unspecified atom stereocenters. The van der Waals surface area contributed by atoms with Crippen LogP contribution in [-0.4, -0.2) is 62.0 Å². The average molecular weight is 275 g/mol. The fourth-order valence-corrected chi connectivity index (χ4v) is 2.47. The van der Waals surface area contributed by atoms with Crippen molar-refractivity contribution in [2.24, 2.45) is 0 Å². The van der Waals surface area contributed by atoms with Crippen LogP contribution in [0.1, 0.15) is 12.0 Å². The van der Waals surface area contributed by atoms with Gasteiger partial charge in [-0.15, -0.1) is 0 Å². The van der Waals surface area contributed by atoms with Crippen molar-refractivity contribution < 1.29 is 4.79 Å². The fraction of sp³-hybridized carbons (Fsp3) is 0.562. The zero-order valence-corrected chi connectivity index (χ0v) is 12.3. The predicted octanol–water partition coefficient (Wildman–Crippen LogP) is 0.983. The second-order valence-electron chi connectivity index (χ2n) is 5.43. The third kappa shape index (κ3) is 4.94. The summed E-state index contributed by atoms with van der Waals surface area (Å²) < 4.78 is 0. The fourth-order valence-electron chi connectivity index (χ4n) is 2.47. The third-order valence-electron chi connectivity index (χ3n) is 3.80. The van der Waals surface area contributed by atoms with Gasteiger partial charge in [-0.25, -0.2) is 0 Å². The number of likely N-dealkylation sites (N-methyl/N-ethyl adjacent to an activating group) is 1. The lowest BCUT2D eigenvalue weighted by molar-refractivity contribution is -0.131. The van der Waals surface area contributed by atoms with Crippen molar-refractivity contribution in [1.82, 2.24) is 15.1 Å². The first kappa shape index (κ1) is 15.0. The van der Waals surface area contributed by atoms with Crippen molar-refractivity contribution in [3.05, 3.63) is 35.9 Å². The van der Waals surface area contributed by atoms with Gasteiger partial charge in [0.05, 0.1) is 6.54 Å². The van der Waals surface area contributed by atoms with Gasteiger partial charge in [-0.3, -0.25) is 9.69 Å². The van der Waals surface area contributed by atoms with Gasteiger partial charge in [0.1, 0.15) is 0 Å². The first-order valence-corrected chi connectivity index (χ1v) is 7.46. The van der Waals surface area contributed by atoms with Gasteiger partial charge in [0.2, 0.25) is 5.91 Å². The van der Waals surface area contributed by atoms with Gasteiger partial charge in [-0.05, 0) is 18.4 Å². The maximum Gasteiger partial charge on any atom is 0.236 e. The second-order valence-corrected chi connectivity index (χ2v) is 5.43. The molecule has 1 fully saturated rings. The van der Waals surface area contributed by atoms with E-state index >= 15 is 0 Å². The molecule has 0 aliphatic carbocycles. The van der Waals surface area contributed by atoms with E-state index in [0.29, 0.717) is 6.54 Å². The quantitative estimate of drug-likeness (QED) is 0.841. The number of benzene rings is 1. The summed E-state index contributed by atoms with van der Waals surface area (Å²) in [7, 11) is 1.91. The number of hydrogen-bond acceptors (Lipinski definition) is 3. The molecule has 1 aliphatic rings. The maximum atomic E-state index is 12.1. The van der Waals surface area contributed by atoms with Crippen LogP contribution in [-0.2, 0) is 11.2 Å². The van der Waals surface area contributed by atoms with Crippen LogP contribution >= 0.6 is 0 Å². The van der Waals surface area contributed by atoms with Gasteiger partial charge in [-0.1, -0.05) is 30.3 Å². The number of rotatable bonds is 6. The van der Waals surface area contributed by atoms with E-state index in [2.05, 4.69) is 34.5 Å². The first-order valence-electron chi connectivity index (χ1n) is 7.46. The normalized spacial score (nSPS) is 16.1. The van der Waals surface area contributed by atoms with Crippen molar-refractivity contribution in [3.8, 4) is 0 Å². The van der Waals surface area contributed by atoms with Crippen LogP contribution < -0.4 is 5.32 Å². The molecule has 1 amide bonds. The number of nitrogens with zero attached hydrogens (tertiary/aromatic N) is 2. The van der Waals surface area contributed by atoms with Gasteiger partial charge in [0, 0.05) is 39.8 Å². The summed E-state index contributed by atoms with van der Waals surface area (Å²) in [6.07, 6.45) is 2.06. The Morgan fingerprint density at radius 1 is 1.25 bits per heavy atom. The van der Waals surface area contributed by atoms with Crippen LogP contribution in [0.4, 0.5) is 0 Å². The molecule has 1 saturated heterocycles. The lowest BCUT2D eigenvalue weighted by atomic mass is 10.1. The van der Waals surface area contributed by atoms with Crippen molar-refractivity contribution in [2.45, 2.75) is 12.8 Å². The Balaban J connectivity index is 1.65. The molecular weight excluding hydrogens is 250 g/mol. The Labute approximate surface area is 121 Å². The van der Waals surface area contributed by atoms with E-state index in [4.69, 9.17) is 0 Å². The van der Waals surface area contributed by atoms with Crippen LogP contribution in [0.5, 0.6) is 0 Å². The van der Waals surface area contributed by atoms with Crippen LogP contribution in [0.15, 0.2) is 30.3 Å². The number of nitrogens with one attached hydrogen (secondary N) is 1. The van der Waals surface area contributed by atoms with E-state index in [9.17, 15) is 4.79 Å². The monoisotopic (exact) mass is 275 g/mol. The minimum absolute atomic E-state index is 0.236. The van der Waals surface area contributed by atoms with Gasteiger partial charge < -0.3 is 10.2 Å². The topological polar surface area (TPSA) is 35.6 Å². The zero-order chi connectivity index (χ0) is 14.2. The molecule has 1 N–H and O–H groups in total. The lowest BCUT2D eigenvalue weighted by Crippen LogP contribution is -2.47. The molecule has 20 heavy (non-hydrogen) atoms. The van der Waals surface area contributed by atoms with E-state index in [0.717, 1.165) is 45.6 Å². The van der Waals surface area contributed by atoms with Gasteiger partial charge in [0.15, 0.2) is 0 Å². The van der Waals surface area contributed by atoms with Crippen molar-refractivity contribution in [1.29, 1.82) is 0 Å². The van der Waals surface area contributed by atoms with E-state index in [1.54, 1.807) is 0 Å². The molecule has 2 rings (SSSR count). The highest BCUT2D eigenvalue weighted by Crippen LogP contribution is 2.03. The molecule has 4 heteroatoms. The Morgan fingerprint density at radius 3 is 2.65 bits per heavy atom. The number of amides is 1. The minimum Gasteiger partial charge on any atom is -0.345 e. The standard InChI is InChI=1S/C16H25N3O/c1-18(11-5-8-15-6-3-2-4-7-15)16(20)14-19-12-9-17-10-13-19/h2-4,6-7,17H,5,8-14H2,1H3. The van der Waals surface area contributed by atoms with E-state index in [1.807, 2.05) is 18.0 Å². The minimum atomic E-state index is 0.236. The molecule has 0 atom stereocenters. The Bertz CT molecular complexity index is 401. The molecule has 110 valence electrons. The van der Waals surface area contributed by atoms with Crippen molar-refractivity contribution >= 4 is 5.91 Å². The van der Waals surface area contributed by atoms with E-state index in [1.165, 1.54) is 5.56 Å². The predicted molar refractivity (Wildman–Crippen MR) is 81.7 cm³/mol. The molecular formula is C16H25N3O. The molecule has 4 nitrogen and oxygen atoms in total. The number of piperazine rings is 1. The SMILES string of the molecule is CN(CCCc1ccccc1)C(=O)CN1CCNCC1. The van der Waals surface area contributed by atoms with E-state index < -0.39 is 0 Å². The summed E-state index contributed by atoms with van der Waals surface area (Å²) >= 11 is 0. The summed E-state index contributed by atoms with van der Waals surface area (Å²) in [4.78, 5) is 16.2. The molecule has 0 aromatic heterocycles. The Hall–Kier alpha value is -1.39. The third-order valence-corrected chi connectivity index (χ3v) is 3.80. The number of hydrogen-bond donors (Lipinski definition) is 1. The Kier molecular flexibility index (Phi) is 6.02. The molecule has 0 spiro atoms. The number of carbonyl (C=O) groups excluding carboxylic acids is 1. The van der Waals surface area contributed by atoms with Crippen LogP contribution in [0.2, 0.25) is 0 Å². The highest BCUT2D eigenvalue weighted by Gasteiger charge is 2.15.